The second-order valence-corrected chi connectivity index (χ2v) is 4.19. The van der Waals surface area contributed by atoms with Gasteiger partial charge in [0.2, 0.25) is 5.88 Å². The lowest BCUT2D eigenvalue weighted by molar-refractivity contribution is 0.284. The molecule has 3 nitrogen and oxygen atoms in total. The van der Waals surface area contributed by atoms with Crippen LogP contribution < -0.4 is 4.74 Å². The van der Waals surface area contributed by atoms with Crippen LogP contribution >= 0.6 is 46.4 Å². The lowest BCUT2D eigenvalue weighted by atomic mass is 10.5. The zero-order valence-electron chi connectivity index (χ0n) is 6.47. The van der Waals surface area contributed by atoms with Crippen molar-refractivity contribution in [1.29, 1.82) is 5.26 Å². The summed E-state index contributed by atoms with van der Waals surface area (Å²) in [6.45, 7) is 0. The largest absolute Gasteiger partial charge is 0.427 e. The molecule has 0 saturated heterocycles. The van der Waals surface area contributed by atoms with E-state index in [1.807, 2.05) is 0 Å². The van der Waals surface area contributed by atoms with Gasteiger partial charge in [0.25, 0.3) is 0 Å². The number of nitriles is 1. The molecule has 7 heteroatoms. The van der Waals surface area contributed by atoms with Crippen molar-refractivity contribution in [2.24, 2.45) is 0 Å². The van der Waals surface area contributed by atoms with Crippen LogP contribution in [0.3, 0.4) is 0 Å². The standard InChI is InChI=1S/C7H2Cl4N2O/c8-4-1-2-13-6(5(4)9)14-7(10,11)3-12/h1-2H. The van der Waals surface area contributed by atoms with Crippen molar-refractivity contribution in [2.45, 2.75) is 4.52 Å². The first-order valence-electron chi connectivity index (χ1n) is 3.24. The summed E-state index contributed by atoms with van der Waals surface area (Å²) in [5, 5.41) is 8.76. The van der Waals surface area contributed by atoms with Gasteiger partial charge >= 0.3 is 4.52 Å². The van der Waals surface area contributed by atoms with Crippen LogP contribution in [0.4, 0.5) is 0 Å². The minimum Gasteiger partial charge on any atom is -0.427 e. The third kappa shape index (κ3) is 2.79. The number of rotatable bonds is 2. The maximum atomic E-state index is 8.47. The van der Waals surface area contributed by atoms with Crippen molar-refractivity contribution in [1.82, 2.24) is 4.98 Å². The molecule has 0 fully saturated rings. The van der Waals surface area contributed by atoms with Crippen LogP contribution in [-0.2, 0) is 0 Å². The van der Waals surface area contributed by atoms with E-state index in [1.54, 1.807) is 0 Å². The molecule has 0 amide bonds. The minimum atomic E-state index is -2.03. The molecular formula is C7H2Cl4N2O. The van der Waals surface area contributed by atoms with Crippen molar-refractivity contribution in [3.8, 4) is 11.9 Å². The fraction of sp³-hybridized carbons (Fsp3) is 0.143. The third-order valence-electron chi connectivity index (χ3n) is 1.17. The number of pyridine rings is 1. The van der Waals surface area contributed by atoms with Crippen LogP contribution in [0.2, 0.25) is 10.0 Å². The van der Waals surface area contributed by atoms with Crippen molar-refractivity contribution in [3.05, 3.63) is 22.3 Å². The van der Waals surface area contributed by atoms with Crippen LogP contribution in [0, 0.1) is 11.3 Å². The summed E-state index contributed by atoms with van der Waals surface area (Å²) < 4.78 is 2.78. The maximum absolute atomic E-state index is 8.47. The van der Waals surface area contributed by atoms with Gasteiger partial charge in [0, 0.05) is 6.20 Å². The maximum Gasteiger partial charge on any atom is 0.349 e. The molecule has 1 aromatic heterocycles. The molecule has 0 aliphatic carbocycles. The Hall–Kier alpha value is -0.400. The van der Waals surface area contributed by atoms with Crippen LogP contribution in [0.5, 0.6) is 5.88 Å². The van der Waals surface area contributed by atoms with Gasteiger partial charge < -0.3 is 4.74 Å². The average molecular weight is 272 g/mol. The van der Waals surface area contributed by atoms with Gasteiger partial charge in [-0.25, -0.2) is 4.98 Å². The number of alkyl halides is 2. The Morgan fingerprint density at radius 3 is 2.64 bits per heavy atom. The van der Waals surface area contributed by atoms with E-state index in [4.69, 9.17) is 56.4 Å². The highest BCUT2D eigenvalue weighted by atomic mass is 35.5. The van der Waals surface area contributed by atoms with E-state index in [9.17, 15) is 0 Å². The fourth-order valence-electron chi connectivity index (χ4n) is 0.618. The highest BCUT2D eigenvalue weighted by molar-refractivity contribution is 6.49. The summed E-state index contributed by atoms with van der Waals surface area (Å²) in [7, 11) is 0. The number of hydrogen-bond acceptors (Lipinski definition) is 3. The predicted molar refractivity (Wildman–Crippen MR) is 54.9 cm³/mol. The van der Waals surface area contributed by atoms with Crippen molar-refractivity contribution < 1.29 is 4.74 Å². The number of halogens is 4. The van der Waals surface area contributed by atoms with E-state index >= 15 is 0 Å². The Bertz CT molecular complexity index is 388. The molecule has 1 aromatic rings. The molecule has 0 aromatic carbocycles. The lowest BCUT2D eigenvalue weighted by Gasteiger charge is -2.13. The van der Waals surface area contributed by atoms with Crippen LogP contribution in [0.1, 0.15) is 0 Å². The van der Waals surface area contributed by atoms with Gasteiger partial charge in [-0.3, -0.25) is 0 Å². The van der Waals surface area contributed by atoms with Gasteiger partial charge in [-0.1, -0.05) is 23.2 Å². The van der Waals surface area contributed by atoms with Gasteiger partial charge in [0.1, 0.15) is 11.1 Å². The topological polar surface area (TPSA) is 45.9 Å². The Morgan fingerprint density at radius 2 is 2.07 bits per heavy atom. The number of hydrogen-bond donors (Lipinski definition) is 0. The quantitative estimate of drug-likeness (QED) is 0.775. The van der Waals surface area contributed by atoms with Gasteiger partial charge in [-0.05, 0) is 29.3 Å². The first-order valence-corrected chi connectivity index (χ1v) is 4.75. The second kappa shape index (κ2) is 4.41. The average Bonchev–Trinajstić information content (AvgIpc) is 2.13. The second-order valence-electron chi connectivity index (χ2n) is 2.14. The van der Waals surface area contributed by atoms with Gasteiger partial charge in [-0.2, -0.15) is 5.26 Å². The Balaban J connectivity index is 3.00. The molecule has 0 aliphatic heterocycles. The summed E-state index contributed by atoms with van der Waals surface area (Å²) in [4.78, 5) is 3.71. The molecule has 0 radical (unpaired) electrons. The van der Waals surface area contributed by atoms with E-state index in [-0.39, 0.29) is 15.9 Å². The molecule has 74 valence electrons. The van der Waals surface area contributed by atoms with Crippen molar-refractivity contribution in [3.63, 3.8) is 0 Å². The van der Waals surface area contributed by atoms with E-state index in [2.05, 4.69) is 4.98 Å². The van der Waals surface area contributed by atoms with E-state index in [0.29, 0.717) is 0 Å². The van der Waals surface area contributed by atoms with E-state index in [0.717, 1.165) is 0 Å². The third-order valence-corrected chi connectivity index (χ3v) is 2.27. The van der Waals surface area contributed by atoms with Crippen LogP contribution in [0.15, 0.2) is 12.3 Å². The number of ether oxygens (including phenoxy) is 1. The fourth-order valence-corrected chi connectivity index (χ4v) is 1.05. The predicted octanol–water partition coefficient (Wildman–Crippen LogP) is 3.42. The van der Waals surface area contributed by atoms with E-state index in [1.165, 1.54) is 18.3 Å². The zero-order chi connectivity index (χ0) is 10.8. The Labute approximate surface area is 100 Å². The Morgan fingerprint density at radius 1 is 1.43 bits per heavy atom. The summed E-state index contributed by atoms with van der Waals surface area (Å²) in [5.74, 6) is -0.0919. The molecule has 0 atom stereocenters. The first-order chi connectivity index (χ1) is 6.46. The summed E-state index contributed by atoms with van der Waals surface area (Å²) in [5.41, 5.74) is 0. The molecule has 0 saturated carbocycles. The van der Waals surface area contributed by atoms with Gasteiger partial charge in [-0.15, -0.1) is 0 Å². The molecule has 0 aliphatic rings. The first kappa shape index (κ1) is 11.7. The van der Waals surface area contributed by atoms with Crippen molar-refractivity contribution >= 4 is 46.4 Å². The van der Waals surface area contributed by atoms with Crippen molar-refractivity contribution in [2.75, 3.05) is 0 Å². The lowest BCUT2D eigenvalue weighted by Crippen LogP contribution is -2.19. The normalized spacial score (nSPS) is 10.8. The molecule has 1 heterocycles. The highest BCUT2D eigenvalue weighted by Crippen LogP contribution is 2.33. The molecular weight excluding hydrogens is 270 g/mol. The van der Waals surface area contributed by atoms with Crippen LogP contribution in [-0.4, -0.2) is 9.50 Å². The smallest absolute Gasteiger partial charge is 0.349 e. The molecule has 0 unspecified atom stereocenters. The summed E-state index contributed by atoms with van der Waals surface area (Å²) >= 11 is 22.2. The summed E-state index contributed by atoms with van der Waals surface area (Å²) in [6, 6.07) is 2.97. The van der Waals surface area contributed by atoms with Crippen LogP contribution in [0.25, 0.3) is 0 Å². The Kier molecular flexibility index (Phi) is 3.68. The molecule has 0 N–H and O–H groups in total. The minimum absolute atomic E-state index is 0.0510. The molecule has 1 rings (SSSR count). The molecule has 14 heavy (non-hydrogen) atoms. The molecule has 0 spiro atoms. The van der Waals surface area contributed by atoms with E-state index < -0.39 is 4.52 Å². The monoisotopic (exact) mass is 270 g/mol. The number of nitrogens with zero attached hydrogens (tertiary/aromatic N) is 2. The summed E-state index contributed by atoms with van der Waals surface area (Å²) in [6.07, 6.45) is 1.35. The zero-order valence-corrected chi connectivity index (χ0v) is 9.49. The van der Waals surface area contributed by atoms with Gasteiger partial charge in [0.05, 0.1) is 5.02 Å². The molecule has 0 bridgehead atoms. The SMILES string of the molecule is N#CC(Cl)(Cl)Oc1nccc(Cl)c1Cl. The number of aromatic nitrogens is 1. The highest BCUT2D eigenvalue weighted by Gasteiger charge is 2.27. The van der Waals surface area contributed by atoms with Gasteiger partial charge in [0.15, 0.2) is 0 Å².